The summed E-state index contributed by atoms with van der Waals surface area (Å²) in [5.41, 5.74) is 0. The summed E-state index contributed by atoms with van der Waals surface area (Å²) in [5, 5.41) is 1.27. The zero-order chi connectivity index (χ0) is 10.5. The normalized spacial score (nSPS) is 10.5. The molecule has 0 bridgehead atoms. The van der Waals surface area contributed by atoms with Crippen molar-refractivity contribution in [2.75, 3.05) is 0 Å². The van der Waals surface area contributed by atoms with E-state index in [-0.39, 0.29) is 0 Å². The van der Waals surface area contributed by atoms with E-state index in [1.165, 1.54) is 14.2 Å². The average molecular weight is 262 g/mol. The third-order valence-electron chi connectivity index (χ3n) is 2.34. The van der Waals surface area contributed by atoms with Crippen molar-refractivity contribution in [3.63, 3.8) is 0 Å². The summed E-state index contributed by atoms with van der Waals surface area (Å²) in [4.78, 5) is 0. The molecule has 15 heavy (non-hydrogen) atoms. The van der Waals surface area contributed by atoms with Crippen LogP contribution in [0.15, 0.2) is 60.7 Å². The fourth-order valence-electron chi connectivity index (χ4n) is 1.64. The van der Waals surface area contributed by atoms with E-state index in [1.54, 1.807) is 0 Å². The maximum absolute atomic E-state index is 2.30. The fourth-order valence-corrected chi connectivity index (χ4v) is 5.65. The Morgan fingerprint density at radius 3 is 1.47 bits per heavy atom. The van der Waals surface area contributed by atoms with Crippen LogP contribution in [-0.4, -0.2) is 13.9 Å². The van der Waals surface area contributed by atoms with Crippen molar-refractivity contribution in [3.8, 4) is 0 Å². The van der Waals surface area contributed by atoms with Crippen molar-refractivity contribution in [1.82, 2.24) is 0 Å². The molecule has 0 aromatic heterocycles. The molecule has 0 heterocycles. The summed E-state index contributed by atoms with van der Waals surface area (Å²) in [6, 6.07) is 21.8. The molecule has 0 radical (unpaired) electrons. The van der Waals surface area contributed by atoms with Crippen LogP contribution in [0.1, 0.15) is 6.92 Å². The molecule has 0 amide bonds. The molecule has 0 aliphatic heterocycles. The van der Waals surface area contributed by atoms with E-state index >= 15 is 0 Å². The van der Waals surface area contributed by atoms with Crippen LogP contribution in [0.3, 0.4) is 0 Å². The minimum atomic E-state index is -0.783. The molecule has 0 fully saturated rings. The Morgan fingerprint density at radius 1 is 0.733 bits per heavy atom. The molecule has 76 valence electrons. The molecule has 0 spiro atoms. The van der Waals surface area contributed by atoms with E-state index in [1.807, 2.05) is 0 Å². The quantitative estimate of drug-likeness (QED) is 0.745. The molecule has 2 rings (SSSR count). The Bertz CT molecular complexity index is 355. The summed E-state index contributed by atoms with van der Waals surface area (Å²) in [6.07, 6.45) is 0. The van der Waals surface area contributed by atoms with Crippen molar-refractivity contribution >= 4 is 22.8 Å². The van der Waals surface area contributed by atoms with Crippen LogP contribution in [0.2, 0.25) is 5.32 Å². The minimum absolute atomic E-state index is 0.783. The summed E-state index contributed by atoms with van der Waals surface area (Å²) < 4.78 is 3.07. The van der Waals surface area contributed by atoms with Gasteiger partial charge in [-0.3, -0.25) is 0 Å². The summed E-state index contributed by atoms with van der Waals surface area (Å²) in [7, 11) is 0. The second-order valence-corrected chi connectivity index (χ2v) is 8.13. The van der Waals surface area contributed by atoms with Crippen LogP contribution >= 0.6 is 0 Å². The second-order valence-electron chi connectivity index (χ2n) is 3.31. The molecular formula is C14H15Se+. The van der Waals surface area contributed by atoms with Gasteiger partial charge in [-0.05, 0) is 0 Å². The van der Waals surface area contributed by atoms with Crippen molar-refractivity contribution in [1.29, 1.82) is 0 Å². The van der Waals surface area contributed by atoms with Gasteiger partial charge in [-0.15, -0.1) is 0 Å². The zero-order valence-electron chi connectivity index (χ0n) is 8.89. The van der Waals surface area contributed by atoms with Gasteiger partial charge in [-0.1, -0.05) is 0 Å². The van der Waals surface area contributed by atoms with Gasteiger partial charge in [0.2, 0.25) is 0 Å². The van der Waals surface area contributed by atoms with Gasteiger partial charge in [0.1, 0.15) is 0 Å². The van der Waals surface area contributed by atoms with Gasteiger partial charge >= 0.3 is 95.7 Å². The molecule has 0 aliphatic carbocycles. The van der Waals surface area contributed by atoms with Crippen LogP contribution < -0.4 is 8.92 Å². The number of hydrogen-bond acceptors (Lipinski definition) is 0. The summed E-state index contributed by atoms with van der Waals surface area (Å²) in [5.74, 6) is 0. The first kappa shape index (κ1) is 10.5. The predicted octanol–water partition coefficient (Wildman–Crippen LogP) is 2.32. The number of rotatable bonds is 3. The molecular weight excluding hydrogens is 247 g/mol. The van der Waals surface area contributed by atoms with E-state index in [0.29, 0.717) is 0 Å². The predicted molar refractivity (Wildman–Crippen MR) is 68.4 cm³/mol. The van der Waals surface area contributed by atoms with Crippen LogP contribution in [-0.2, 0) is 0 Å². The van der Waals surface area contributed by atoms with Gasteiger partial charge in [-0.25, -0.2) is 0 Å². The van der Waals surface area contributed by atoms with E-state index in [0.717, 1.165) is 0 Å². The van der Waals surface area contributed by atoms with Gasteiger partial charge in [0, 0.05) is 0 Å². The molecule has 0 nitrogen and oxygen atoms in total. The summed E-state index contributed by atoms with van der Waals surface area (Å²) in [6.45, 7) is 2.30. The molecule has 0 unspecified atom stereocenters. The van der Waals surface area contributed by atoms with Gasteiger partial charge in [0.05, 0.1) is 0 Å². The van der Waals surface area contributed by atoms with E-state index in [2.05, 4.69) is 67.6 Å². The van der Waals surface area contributed by atoms with Gasteiger partial charge in [0.25, 0.3) is 0 Å². The molecule has 0 atom stereocenters. The average Bonchev–Trinajstić information content (AvgIpc) is 2.33. The van der Waals surface area contributed by atoms with Crippen molar-refractivity contribution in [2.45, 2.75) is 12.2 Å². The third-order valence-corrected chi connectivity index (χ3v) is 7.09. The van der Waals surface area contributed by atoms with Gasteiger partial charge in [-0.2, -0.15) is 0 Å². The van der Waals surface area contributed by atoms with Crippen LogP contribution in [0.5, 0.6) is 0 Å². The van der Waals surface area contributed by atoms with E-state index < -0.39 is 13.9 Å². The Labute approximate surface area is 95.8 Å². The Balaban J connectivity index is 2.34. The zero-order valence-corrected chi connectivity index (χ0v) is 10.6. The molecule has 0 N–H and O–H groups in total. The van der Waals surface area contributed by atoms with Crippen molar-refractivity contribution < 1.29 is 0 Å². The summed E-state index contributed by atoms with van der Waals surface area (Å²) >= 11 is -0.783. The first-order valence-corrected chi connectivity index (χ1v) is 8.15. The first-order chi connectivity index (χ1) is 7.42. The van der Waals surface area contributed by atoms with Crippen LogP contribution in [0.4, 0.5) is 0 Å². The number of hydrogen-bond donors (Lipinski definition) is 0. The molecule has 0 saturated carbocycles. The Kier molecular flexibility index (Phi) is 3.60. The Hall–Kier alpha value is -1.04. The van der Waals surface area contributed by atoms with Crippen LogP contribution in [0, 0.1) is 0 Å². The topological polar surface area (TPSA) is 0 Å². The first-order valence-electron chi connectivity index (χ1n) is 5.23. The van der Waals surface area contributed by atoms with Gasteiger partial charge < -0.3 is 0 Å². The Morgan fingerprint density at radius 2 is 1.13 bits per heavy atom. The second kappa shape index (κ2) is 5.16. The fraction of sp³-hybridized carbons (Fsp3) is 0.143. The van der Waals surface area contributed by atoms with Crippen molar-refractivity contribution in [3.05, 3.63) is 60.7 Å². The molecule has 2 aromatic rings. The van der Waals surface area contributed by atoms with Crippen LogP contribution in [0.25, 0.3) is 0 Å². The van der Waals surface area contributed by atoms with E-state index in [4.69, 9.17) is 0 Å². The SMILES string of the molecule is CC[Se+](c1ccccc1)c1ccccc1. The van der Waals surface area contributed by atoms with Crippen molar-refractivity contribution in [2.24, 2.45) is 0 Å². The molecule has 2 aromatic carbocycles. The third kappa shape index (κ3) is 2.50. The molecule has 0 saturated heterocycles. The monoisotopic (exact) mass is 263 g/mol. The van der Waals surface area contributed by atoms with E-state index in [9.17, 15) is 0 Å². The van der Waals surface area contributed by atoms with Gasteiger partial charge in [0.15, 0.2) is 0 Å². The molecule has 1 heteroatoms. The standard InChI is InChI=1S/C14H15Se/c1-2-15(13-9-5-3-6-10-13)14-11-7-4-8-12-14/h3-12H,2H2,1H3/q+1. The maximum atomic E-state index is 2.30. The number of benzene rings is 2. The molecule has 0 aliphatic rings.